The number of benzene rings is 1. The lowest BCUT2D eigenvalue weighted by atomic mass is 10.0. The van der Waals surface area contributed by atoms with Crippen molar-refractivity contribution in [1.29, 1.82) is 0 Å². The Morgan fingerprint density at radius 3 is 2.51 bits per heavy atom. The van der Waals surface area contributed by atoms with Crippen molar-refractivity contribution >= 4 is 34.0 Å². The summed E-state index contributed by atoms with van der Waals surface area (Å²) in [6, 6.07) is 13.8. The first-order valence-electron chi connectivity index (χ1n) is 11.7. The van der Waals surface area contributed by atoms with E-state index >= 15 is 0 Å². The number of likely N-dealkylation sites (N-methyl/N-ethyl adjacent to an activating group) is 1. The van der Waals surface area contributed by atoms with Gasteiger partial charge in [0.15, 0.2) is 0 Å². The molecule has 178 valence electrons. The molecule has 0 aliphatic carbocycles. The zero-order valence-electron chi connectivity index (χ0n) is 20.3. The third-order valence-electron chi connectivity index (χ3n) is 6.37. The lowest BCUT2D eigenvalue weighted by Gasteiger charge is -2.33. The number of fused-ring (bicyclic) bond motifs is 1. The van der Waals surface area contributed by atoms with Crippen molar-refractivity contribution in [3.05, 3.63) is 72.8 Å². The lowest BCUT2D eigenvalue weighted by molar-refractivity contribution is 0.102. The zero-order valence-corrected chi connectivity index (χ0v) is 20.3. The Hall–Kier alpha value is -4.04. The number of hydrogen-bond donors (Lipinski definition) is 1. The maximum Gasteiger partial charge on any atom is 0.257 e. The molecule has 5 rings (SSSR count). The summed E-state index contributed by atoms with van der Waals surface area (Å²) in [4.78, 5) is 32.8. The molecule has 1 saturated heterocycles. The van der Waals surface area contributed by atoms with Crippen LogP contribution in [0, 0.1) is 0 Å². The van der Waals surface area contributed by atoms with Crippen molar-refractivity contribution in [1.82, 2.24) is 19.9 Å². The smallest absolute Gasteiger partial charge is 0.257 e. The monoisotopic (exact) mass is 467 g/mol. The van der Waals surface area contributed by atoms with Crippen LogP contribution >= 0.6 is 0 Å². The second-order valence-corrected chi connectivity index (χ2v) is 9.10. The molecule has 0 spiro atoms. The van der Waals surface area contributed by atoms with E-state index < -0.39 is 0 Å². The number of nitrogens with one attached hydrogen (secondary N) is 1. The topological polar surface area (TPSA) is 77.5 Å². The van der Waals surface area contributed by atoms with Gasteiger partial charge >= 0.3 is 0 Å². The van der Waals surface area contributed by atoms with Crippen LogP contribution in [0.4, 0.5) is 17.3 Å². The van der Waals surface area contributed by atoms with E-state index in [1.54, 1.807) is 18.5 Å². The molecule has 0 saturated carbocycles. The molecule has 4 aromatic rings. The van der Waals surface area contributed by atoms with Gasteiger partial charge in [-0.2, -0.15) is 0 Å². The van der Waals surface area contributed by atoms with E-state index in [1.807, 2.05) is 49.6 Å². The maximum atomic E-state index is 13.0. The van der Waals surface area contributed by atoms with Gasteiger partial charge in [-0.15, -0.1) is 0 Å². The van der Waals surface area contributed by atoms with Crippen molar-refractivity contribution < 1.29 is 4.79 Å². The quantitative estimate of drug-likeness (QED) is 0.479. The Labute approximate surface area is 205 Å². The fourth-order valence-corrected chi connectivity index (χ4v) is 4.18. The number of piperazine rings is 1. The normalized spacial score (nSPS) is 14.2. The third kappa shape index (κ3) is 5.07. The molecule has 4 heterocycles. The highest BCUT2D eigenvalue weighted by atomic mass is 16.1. The van der Waals surface area contributed by atoms with E-state index in [1.165, 1.54) is 0 Å². The van der Waals surface area contributed by atoms with Crippen molar-refractivity contribution in [3.8, 4) is 11.1 Å². The summed E-state index contributed by atoms with van der Waals surface area (Å²) in [6.45, 7) is 3.76. The Balaban J connectivity index is 1.36. The van der Waals surface area contributed by atoms with Crippen molar-refractivity contribution in [3.63, 3.8) is 0 Å². The van der Waals surface area contributed by atoms with Crippen LogP contribution in [0.3, 0.4) is 0 Å². The summed E-state index contributed by atoms with van der Waals surface area (Å²) in [6.07, 6.45) is 7.18. The molecule has 8 nitrogen and oxygen atoms in total. The van der Waals surface area contributed by atoms with Gasteiger partial charge in [-0.05, 0) is 48.3 Å². The number of nitrogens with zero attached hydrogens (tertiary/aromatic N) is 6. The number of rotatable bonds is 5. The first-order chi connectivity index (χ1) is 17.0. The Bertz CT molecular complexity index is 1360. The van der Waals surface area contributed by atoms with Gasteiger partial charge in [0.25, 0.3) is 5.91 Å². The zero-order chi connectivity index (χ0) is 24.4. The van der Waals surface area contributed by atoms with E-state index in [4.69, 9.17) is 0 Å². The summed E-state index contributed by atoms with van der Waals surface area (Å²) in [5.74, 6) is 1.14. The van der Waals surface area contributed by atoms with Crippen LogP contribution < -0.4 is 15.1 Å². The van der Waals surface area contributed by atoms with Gasteiger partial charge in [-0.25, -0.2) is 9.97 Å². The van der Waals surface area contributed by atoms with Gasteiger partial charge in [0.1, 0.15) is 11.6 Å². The molecule has 8 heteroatoms. The van der Waals surface area contributed by atoms with E-state index in [0.29, 0.717) is 11.4 Å². The average molecular weight is 468 g/mol. The number of anilines is 3. The van der Waals surface area contributed by atoms with Crippen molar-refractivity contribution in [2.45, 2.75) is 0 Å². The van der Waals surface area contributed by atoms with Gasteiger partial charge in [-0.1, -0.05) is 12.1 Å². The second-order valence-electron chi connectivity index (χ2n) is 9.10. The largest absolute Gasteiger partial charge is 0.376 e. The summed E-state index contributed by atoms with van der Waals surface area (Å²) in [5.41, 5.74) is 3.70. The minimum atomic E-state index is -0.200. The number of hydrogen-bond acceptors (Lipinski definition) is 7. The van der Waals surface area contributed by atoms with E-state index in [-0.39, 0.29) is 5.91 Å². The number of aromatic nitrogens is 3. The van der Waals surface area contributed by atoms with Crippen LogP contribution in [0.5, 0.6) is 0 Å². The molecule has 1 N–H and O–H groups in total. The van der Waals surface area contributed by atoms with Crippen LogP contribution in [-0.4, -0.2) is 73.1 Å². The molecule has 1 aliphatic rings. The lowest BCUT2D eigenvalue weighted by Crippen LogP contribution is -2.44. The van der Waals surface area contributed by atoms with Gasteiger partial charge < -0.3 is 20.0 Å². The standard InChI is InChI=1S/C27H29N7O/c1-32(2)24-13-23(16-28-18-24)19-4-5-21-17-30-25(14-22(21)12-19)31-27(35)20-6-7-29-26(15-20)34-10-8-33(3)9-11-34/h4-7,12-18H,8-11H2,1-3H3,(H,30,31,35). The molecular weight excluding hydrogens is 438 g/mol. The predicted octanol–water partition coefficient (Wildman–Crippen LogP) is 3.76. The van der Waals surface area contributed by atoms with Gasteiger partial charge in [0.05, 0.1) is 11.9 Å². The Morgan fingerprint density at radius 2 is 1.71 bits per heavy atom. The highest BCUT2D eigenvalue weighted by Gasteiger charge is 2.17. The molecular formula is C27H29N7O. The van der Waals surface area contributed by atoms with Crippen LogP contribution in [0.2, 0.25) is 0 Å². The number of pyridine rings is 3. The fourth-order valence-electron chi connectivity index (χ4n) is 4.18. The van der Waals surface area contributed by atoms with E-state index in [9.17, 15) is 4.79 Å². The first-order valence-corrected chi connectivity index (χ1v) is 11.7. The molecule has 0 unspecified atom stereocenters. The molecule has 0 atom stereocenters. The molecule has 0 bridgehead atoms. The molecule has 1 amide bonds. The summed E-state index contributed by atoms with van der Waals surface area (Å²) in [5, 5.41) is 4.95. The van der Waals surface area contributed by atoms with Crippen LogP contribution in [0.25, 0.3) is 21.9 Å². The van der Waals surface area contributed by atoms with Crippen LogP contribution in [-0.2, 0) is 0 Å². The first kappa shape index (κ1) is 22.7. The molecule has 35 heavy (non-hydrogen) atoms. The molecule has 1 aliphatic heterocycles. The van der Waals surface area contributed by atoms with Crippen LogP contribution in [0.1, 0.15) is 10.4 Å². The summed E-state index contributed by atoms with van der Waals surface area (Å²) in [7, 11) is 6.11. The fraction of sp³-hybridized carbons (Fsp3) is 0.259. The summed E-state index contributed by atoms with van der Waals surface area (Å²) < 4.78 is 0. The van der Waals surface area contributed by atoms with Crippen molar-refractivity contribution in [2.75, 3.05) is 62.4 Å². The van der Waals surface area contributed by atoms with Gasteiger partial charge in [0.2, 0.25) is 0 Å². The number of carbonyl (C=O) groups excluding carboxylic acids is 1. The SMILES string of the molecule is CN1CCN(c2cc(C(=O)Nc3cc4cc(-c5cncc(N(C)C)c5)ccc4cn3)ccn2)CC1. The molecule has 0 radical (unpaired) electrons. The van der Waals surface area contributed by atoms with Gasteiger partial charge in [0, 0.05) is 75.4 Å². The third-order valence-corrected chi connectivity index (χ3v) is 6.37. The molecule has 1 fully saturated rings. The van der Waals surface area contributed by atoms with Gasteiger partial charge in [-0.3, -0.25) is 9.78 Å². The average Bonchev–Trinajstić information content (AvgIpc) is 2.89. The van der Waals surface area contributed by atoms with E-state index in [2.05, 4.69) is 55.3 Å². The number of amides is 1. The summed E-state index contributed by atoms with van der Waals surface area (Å²) >= 11 is 0. The van der Waals surface area contributed by atoms with E-state index in [0.717, 1.165) is 59.6 Å². The Morgan fingerprint density at radius 1 is 0.886 bits per heavy atom. The molecule has 3 aromatic heterocycles. The number of carbonyl (C=O) groups is 1. The Kier molecular flexibility index (Phi) is 6.29. The highest BCUT2D eigenvalue weighted by Crippen LogP contribution is 2.27. The molecule has 1 aromatic carbocycles. The minimum absolute atomic E-state index is 0.200. The minimum Gasteiger partial charge on any atom is -0.376 e. The van der Waals surface area contributed by atoms with Crippen LogP contribution in [0.15, 0.2) is 67.3 Å². The highest BCUT2D eigenvalue weighted by molar-refractivity contribution is 6.05. The van der Waals surface area contributed by atoms with Crippen molar-refractivity contribution in [2.24, 2.45) is 0 Å². The second kappa shape index (κ2) is 9.68. The maximum absolute atomic E-state index is 13.0. The predicted molar refractivity (Wildman–Crippen MR) is 141 cm³/mol.